The fourth-order valence-electron chi connectivity index (χ4n) is 7.19. The summed E-state index contributed by atoms with van der Waals surface area (Å²) in [5, 5.41) is 0.986. The molecule has 0 amide bonds. The SMILES string of the molecule is [2H]c1c([2H])c([2H])c(-c2c([2H])c([2H])c3c(c2[2H])C(C([2H])([2H])[2H])(C([2H])([2H])[2H])c2c([2H])c(-c4ccc(-c5cc(-c6cccc(-c7ccccc7)c6)nc(-c6ccccc6)n5)c5ccccc45)c([2H])c([2H])c2-3)c([2H])c1[2H]. The molecule has 0 unspecified atom stereocenters. The van der Waals surface area contributed by atoms with E-state index in [4.69, 9.17) is 26.4 Å². The minimum atomic E-state index is -3.70. The lowest BCUT2D eigenvalue weighted by Crippen LogP contribution is -2.15. The number of nitrogens with zero attached hydrogens (tertiary/aromatic N) is 2. The standard InChI is InChI=1S/C53H38N2/c1-53(2)48-32-39(36-17-8-4-9-18-36)25-27-45(48)46-28-26-40(33-49(46)53)42-29-30-47(44-24-13-12-23-43(42)44)51-34-50(54-52(55-51)37-19-10-5-11-20-37)41-22-14-21-38(31-41)35-15-6-3-7-16-35/h3-34H,1-2H3/i1D3,2D3,4D,8D,9D,17D,18D,25D,26D,27D,28D,32D,33D. The molecule has 1 aromatic heterocycles. The summed E-state index contributed by atoms with van der Waals surface area (Å²) in [7, 11) is 0. The third-order valence-electron chi connectivity index (χ3n) is 9.87. The van der Waals surface area contributed by atoms with Crippen LogP contribution in [0.25, 0.3) is 89.2 Å². The Morgan fingerprint density at radius 3 is 1.73 bits per heavy atom. The zero-order valence-electron chi connectivity index (χ0n) is 46.0. The fraction of sp³-hybridized carbons (Fsp3) is 0.0566. The van der Waals surface area contributed by atoms with Crippen molar-refractivity contribution in [1.29, 1.82) is 0 Å². The second kappa shape index (κ2) is 13.2. The van der Waals surface area contributed by atoms with Gasteiger partial charge in [-0.3, -0.25) is 0 Å². The van der Waals surface area contributed by atoms with Crippen molar-refractivity contribution in [3.63, 3.8) is 0 Å². The van der Waals surface area contributed by atoms with E-state index in [0.29, 0.717) is 33.5 Å². The average Bonchev–Trinajstić information content (AvgIpc) is 3.73. The molecule has 2 heteroatoms. The Morgan fingerprint density at radius 1 is 0.418 bits per heavy atom. The van der Waals surface area contributed by atoms with E-state index in [1.54, 1.807) is 36.4 Å². The topological polar surface area (TPSA) is 25.8 Å². The van der Waals surface area contributed by atoms with Crippen molar-refractivity contribution < 1.29 is 23.3 Å². The summed E-state index contributed by atoms with van der Waals surface area (Å²) >= 11 is 0. The molecule has 9 aromatic rings. The van der Waals surface area contributed by atoms with Gasteiger partial charge in [-0.05, 0) is 90.6 Å². The Bertz CT molecular complexity index is 3700. The number of aromatic nitrogens is 2. The molecule has 260 valence electrons. The van der Waals surface area contributed by atoms with Gasteiger partial charge < -0.3 is 0 Å². The Kier molecular flexibility index (Phi) is 4.66. The Hall–Kier alpha value is -6.90. The molecule has 0 aliphatic heterocycles. The summed E-state index contributed by atoms with van der Waals surface area (Å²) in [4.78, 5) is 10.1. The molecule has 1 aliphatic carbocycles. The maximum absolute atomic E-state index is 9.95. The van der Waals surface area contributed by atoms with Crippen molar-refractivity contribution in [2.45, 2.75) is 19.1 Å². The van der Waals surface area contributed by atoms with Gasteiger partial charge in [0.25, 0.3) is 0 Å². The van der Waals surface area contributed by atoms with Gasteiger partial charge in [-0.1, -0.05) is 183 Å². The normalized spacial score (nSPS) is 17.6. The molecule has 10 rings (SSSR count). The zero-order valence-corrected chi connectivity index (χ0v) is 29.0. The molecule has 0 fully saturated rings. The van der Waals surface area contributed by atoms with Crippen LogP contribution in [0.3, 0.4) is 0 Å². The summed E-state index contributed by atoms with van der Waals surface area (Å²) in [6.07, 6.45) is 0. The lowest BCUT2D eigenvalue weighted by Gasteiger charge is -2.23. The molecule has 55 heavy (non-hydrogen) atoms. The zero-order chi connectivity index (χ0) is 51.5. The average molecular weight is 720 g/mol. The van der Waals surface area contributed by atoms with Crippen LogP contribution in [0.2, 0.25) is 0 Å². The number of benzene rings is 8. The highest BCUT2D eigenvalue weighted by molar-refractivity contribution is 6.05. The third-order valence-corrected chi connectivity index (χ3v) is 9.87. The van der Waals surface area contributed by atoms with Crippen molar-refractivity contribution in [3.8, 4) is 78.4 Å². The van der Waals surface area contributed by atoms with Crippen LogP contribution in [0, 0.1) is 0 Å². The van der Waals surface area contributed by atoms with Gasteiger partial charge in [-0.25, -0.2) is 9.97 Å². The van der Waals surface area contributed by atoms with Gasteiger partial charge in [-0.2, -0.15) is 0 Å². The monoisotopic (exact) mass is 719 g/mol. The van der Waals surface area contributed by atoms with Crippen LogP contribution in [0.4, 0.5) is 0 Å². The Labute approximate surface area is 346 Å². The Balaban J connectivity index is 1.24. The van der Waals surface area contributed by atoms with Crippen molar-refractivity contribution in [2.24, 2.45) is 0 Å². The summed E-state index contributed by atoms with van der Waals surface area (Å²) < 4.78 is 154. The van der Waals surface area contributed by atoms with E-state index < -0.39 is 119 Å². The van der Waals surface area contributed by atoms with Crippen LogP contribution in [0.5, 0.6) is 0 Å². The van der Waals surface area contributed by atoms with Gasteiger partial charge >= 0.3 is 0 Å². The second-order valence-electron chi connectivity index (χ2n) is 13.2. The first kappa shape index (κ1) is 19.4. The molecular weight excluding hydrogens is 665 g/mol. The van der Waals surface area contributed by atoms with E-state index in [1.807, 2.05) is 91.0 Å². The first-order chi connectivity index (χ1) is 34.1. The lowest BCUT2D eigenvalue weighted by atomic mass is 9.80. The van der Waals surface area contributed by atoms with Crippen LogP contribution in [0.1, 0.15) is 48.1 Å². The van der Waals surface area contributed by atoms with Gasteiger partial charge in [0.15, 0.2) is 5.82 Å². The molecule has 8 aromatic carbocycles. The first-order valence-corrected chi connectivity index (χ1v) is 17.6. The van der Waals surface area contributed by atoms with Crippen LogP contribution in [-0.4, -0.2) is 9.97 Å². The number of hydrogen-bond donors (Lipinski definition) is 0. The van der Waals surface area contributed by atoms with Crippen molar-refractivity contribution in [3.05, 3.63) is 205 Å². The highest BCUT2D eigenvalue weighted by atomic mass is 14.9. The van der Waals surface area contributed by atoms with Crippen LogP contribution in [0.15, 0.2) is 194 Å². The molecule has 0 atom stereocenters. The van der Waals surface area contributed by atoms with Gasteiger partial charge in [0, 0.05) is 30.3 Å². The molecule has 0 saturated carbocycles. The molecule has 0 spiro atoms. The predicted molar refractivity (Wildman–Crippen MR) is 230 cm³/mol. The van der Waals surface area contributed by atoms with E-state index in [1.165, 1.54) is 0 Å². The highest BCUT2D eigenvalue weighted by Crippen LogP contribution is 2.51. The summed E-state index contributed by atoms with van der Waals surface area (Å²) in [6, 6.07) is 30.2. The van der Waals surface area contributed by atoms with Gasteiger partial charge in [0.05, 0.1) is 26.5 Å². The lowest BCUT2D eigenvalue weighted by molar-refractivity contribution is 0.661. The van der Waals surface area contributed by atoms with E-state index >= 15 is 0 Å². The molecule has 2 nitrogen and oxygen atoms in total. The van der Waals surface area contributed by atoms with E-state index in [2.05, 4.69) is 0 Å². The highest BCUT2D eigenvalue weighted by Gasteiger charge is 2.36. The molecule has 1 aliphatic rings. The predicted octanol–water partition coefficient (Wildman–Crippen LogP) is 13.9. The molecular formula is C53H38N2. The molecule has 0 radical (unpaired) electrons. The van der Waals surface area contributed by atoms with E-state index in [-0.39, 0.29) is 11.1 Å². The smallest absolute Gasteiger partial charge is 0.160 e. The summed E-state index contributed by atoms with van der Waals surface area (Å²) in [5.41, 5.74) is -2.71. The molecule has 0 N–H and O–H groups in total. The van der Waals surface area contributed by atoms with Crippen LogP contribution < -0.4 is 0 Å². The van der Waals surface area contributed by atoms with Crippen LogP contribution >= 0.6 is 0 Å². The van der Waals surface area contributed by atoms with Crippen molar-refractivity contribution in [1.82, 2.24) is 9.97 Å². The third kappa shape index (κ3) is 5.75. The fourth-order valence-corrected chi connectivity index (χ4v) is 7.19. The largest absolute Gasteiger partial charge is 0.228 e. The van der Waals surface area contributed by atoms with Gasteiger partial charge in [0.2, 0.25) is 0 Å². The second-order valence-corrected chi connectivity index (χ2v) is 13.2. The Morgan fingerprint density at radius 2 is 1.00 bits per heavy atom. The minimum absolute atomic E-state index is 0.160. The van der Waals surface area contributed by atoms with Gasteiger partial charge in [0.1, 0.15) is 0 Å². The molecule has 0 saturated heterocycles. The number of rotatable bonds is 6. The summed E-state index contributed by atoms with van der Waals surface area (Å²) in [6.45, 7) is -7.39. The number of fused-ring (bicyclic) bond motifs is 4. The van der Waals surface area contributed by atoms with E-state index in [9.17, 15) is 6.85 Å². The maximum atomic E-state index is 9.95. The molecule has 0 bridgehead atoms. The van der Waals surface area contributed by atoms with Gasteiger partial charge in [-0.15, -0.1) is 0 Å². The molecule has 1 heterocycles. The minimum Gasteiger partial charge on any atom is -0.228 e. The summed E-state index contributed by atoms with van der Waals surface area (Å²) in [5.74, 6) is 0.430. The van der Waals surface area contributed by atoms with E-state index in [0.717, 1.165) is 22.3 Å². The number of hydrogen-bond acceptors (Lipinski definition) is 2. The van der Waals surface area contributed by atoms with Crippen LogP contribution in [-0.2, 0) is 5.41 Å². The van der Waals surface area contributed by atoms with Crippen molar-refractivity contribution in [2.75, 3.05) is 0 Å². The quantitative estimate of drug-likeness (QED) is 0.171. The first-order valence-electron chi connectivity index (χ1n) is 26.1. The van der Waals surface area contributed by atoms with Crippen molar-refractivity contribution >= 4 is 10.8 Å². The maximum Gasteiger partial charge on any atom is 0.160 e.